The van der Waals surface area contributed by atoms with Crippen molar-refractivity contribution < 1.29 is 0 Å². The van der Waals surface area contributed by atoms with Gasteiger partial charge in [-0.05, 0) is 43.8 Å². The van der Waals surface area contributed by atoms with Crippen LogP contribution >= 0.6 is 23.2 Å². The zero-order valence-corrected chi connectivity index (χ0v) is 14.4. The summed E-state index contributed by atoms with van der Waals surface area (Å²) in [4.78, 5) is 0. The quantitative estimate of drug-likeness (QED) is 0.724. The third kappa shape index (κ3) is 3.85. The third-order valence-electron chi connectivity index (χ3n) is 3.21. The molecule has 3 rings (SSSR count). The first kappa shape index (κ1) is 17.3. The molecule has 0 spiro atoms. The fourth-order valence-electron chi connectivity index (χ4n) is 2.13. The first-order valence-electron chi connectivity index (χ1n) is 7.00. The van der Waals surface area contributed by atoms with Crippen molar-refractivity contribution in [3.8, 4) is 16.9 Å². The molecule has 0 atom stereocenters. The minimum absolute atomic E-state index is 0.533. The molecule has 4 N–H and O–H groups in total. The molecule has 1 heterocycles. The molecule has 0 fully saturated rings. The predicted molar refractivity (Wildman–Crippen MR) is 98.3 cm³/mol. The van der Waals surface area contributed by atoms with Gasteiger partial charge in [-0.3, -0.25) is 0 Å². The van der Waals surface area contributed by atoms with Crippen LogP contribution in [0.15, 0.2) is 48.5 Å². The van der Waals surface area contributed by atoms with Gasteiger partial charge < -0.3 is 11.5 Å². The average molecular weight is 349 g/mol. The van der Waals surface area contributed by atoms with Crippen LogP contribution in [0.3, 0.4) is 0 Å². The zero-order chi connectivity index (χ0) is 17.0. The minimum atomic E-state index is 0.533. The van der Waals surface area contributed by atoms with Crippen LogP contribution < -0.4 is 11.5 Å². The molecular formula is C17H18Cl2N4. The van der Waals surface area contributed by atoms with Crippen molar-refractivity contribution in [1.82, 2.24) is 9.78 Å². The number of hydrogen-bond donors (Lipinski definition) is 2. The number of halogens is 2. The van der Waals surface area contributed by atoms with Crippen molar-refractivity contribution in [2.45, 2.75) is 6.92 Å². The largest absolute Gasteiger partial charge is 0.384 e. The molecule has 0 saturated heterocycles. The van der Waals surface area contributed by atoms with E-state index >= 15 is 0 Å². The van der Waals surface area contributed by atoms with E-state index < -0.39 is 0 Å². The Morgan fingerprint density at radius 2 is 1.61 bits per heavy atom. The maximum Gasteiger partial charge on any atom is 0.127 e. The summed E-state index contributed by atoms with van der Waals surface area (Å²) in [5, 5.41) is 5.84. The van der Waals surface area contributed by atoms with Crippen molar-refractivity contribution in [1.29, 1.82) is 0 Å². The molecule has 3 aromatic rings. The number of aryl methyl sites for hydroxylation is 1. The Morgan fingerprint density at radius 1 is 0.957 bits per heavy atom. The lowest BCUT2D eigenvalue weighted by Crippen LogP contribution is -2.02. The topological polar surface area (TPSA) is 69.9 Å². The molecule has 0 bridgehead atoms. The predicted octanol–water partition coefficient (Wildman–Crippen LogP) is 4.31. The van der Waals surface area contributed by atoms with E-state index in [1.165, 1.54) is 7.05 Å². The number of aromatic nitrogens is 2. The summed E-state index contributed by atoms with van der Waals surface area (Å²) in [5.74, 6) is 0.533. The molecule has 1 aromatic heterocycles. The monoisotopic (exact) mass is 348 g/mol. The highest BCUT2D eigenvalue weighted by Crippen LogP contribution is 2.27. The van der Waals surface area contributed by atoms with Gasteiger partial charge >= 0.3 is 0 Å². The maximum atomic E-state index is 6.28. The van der Waals surface area contributed by atoms with Crippen molar-refractivity contribution in [2.75, 3.05) is 12.8 Å². The van der Waals surface area contributed by atoms with Crippen molar-refractivity contribution in [2.24, 2.45) is 5.73 Å². The number of nitrogens with zero attached hydrogens (tertiary/aromatic N) is 2. The van der Waals surface area contributed by atoms with Crippen LogP contribution in [-0.2, 0) is 0 Å². The summed E-state index contributed by atoms with van der Waals surface area (Å²) in [5.41, 5.74) is 14.1. The smallest absolute Gasteiger partial charge is 0.127 e. The standard InChI is InChI=1S/C16H13Cl2N3.CH5N/c1-10-2-7-15(13(18)8-10)21-16(19)9-14(20-21)11-3-5-12(17)6-4-11;1-2/h2-9H,19H2,1H3;2H2,1H3. The lowest BCUT2D eigenvalue weighted by molar-refractivity contribution is 0.895. The van der Waals surface area contributed by atoms with E-state index in [9.17, 15) is 0 Å². The Balaban J connectivity index is 0.000000924. The lowest BCUT2D eigenvalue weighted by Gasteiger charge is -2.07. The summed E-state index contributed by atoms with van der Waals surface area (Å²) in [6.07, 6.45) is 0. The Morgan fingerprint density at radius 3 is 2.22 bits per heavy atom. The Labute approximate surface area is 145 Å². The molecule has 0 radical (unpaired) electrons. The van der Waals surface area contributed by atoms with Gasteiger partial charge in [0, 0.05) is 16.7 Å². The first-order valence-corrected chi connectivity index (χ1v) is 7.76. The number of benzene rings is 2. The third-order valence-corrected chi connectivity index (χ3v) is 3.76. The van der Waals surface area contributed by atoms with Crippen LogP contribution in [0.2, 0.25) is 10.0 Å². The second-order valence-corrected chi connectivity index (χ2v) is 5.67. The van der Waals surface area contributed by atoms with Crippen molar-refractivity contribution >= 4 is 29.0 Å². The maximum absolute atomic E-state index is 6.28. The Kier molecular flexibility index (Phi) is 5.66. The van der Waals surface area contributed by atoms with Gasteiger partial charge in [-0.15, -0.1) is 0 Å². The summed E-state index contributed by atoms with van der Waals surface area (Å²) in [7, 11) is 1.50. The molecule has 0 aliphatic carbocycles. The molecule has 2 aromatic carbocycles. The van der Waals surface area contributed by atoms with Crippen LogP contribution in [0.4, 0.5) is 5.82 Å². The van der Waals surface area contributed by atoms with E-state index in [4.69, 9.17) is 28.9 Å². The molecule has 120 valence electrons. The first-order chi connectivity index (χ1) is 11.0. The fourth-order valence-corrected chi connectivity index (χ4v) is 2.58. The van der Waals surface area contributed by atoms with Gasteiger partial charge in [-0.1, -0.05) is 41.4 Å². The molecule has 6 heteroatoms. The number of rotatable bonds is 2. The van der Waals surface area contributed by atoms with Gasteiger partial charge in [0.2, 0.25) is 0 Å². The SMILES string of the molecule is CN.Cc1ccc(-n2nc(-c3ccc(Cl)cc3)cc2N)c(Cl)c1. The zero-order valence-electron chi connectivity index (χ0n) is 12.9. The number of hydrogen-bond acceptors (Lipinski definition) is 3. The van der Waals surface area contributed by atoms with Gasteiger partial charge in [0.25, 0.3) is 0 Å². The summed E-state index contributed by atoms with van der Waals surface area (Å²) in [6, 6.07) is 15.1. The van der Waals surface area contributed by atoms with Gasteiger partial charge in [0.15, 0.2) is 0 Å². The van der Waals surface area contributed by atoms with Crippen LogP contribution in [0.5, 0.6) is 0 Å². The molecule has 0 aliphatic rings. The average Bonchev–Trinajstić information content (AvgIpc) is 2.92. The highest BCUT2D eigenvalue weighted by Gasteiger charge is 2.11. The second kappa shape index (κ2) is 7.51. The molecule has 0 amide bonds. The van der Waals surface area contributed by atoms with E-state index in [2.05, 4.69) is 10.8 Å². The highest BCUT2D eigenvalue weighted by atomic mass is 35.5. The van der Waals surface area contributed by atoms with E-state index in [1.54, 1.807) is 4.68 Å². The molecule has 0 aliphatic heterocycles. The van der Waals surface area contributed by atoms with Crippen molar-refractivity contribution in [3.05, 3.63) is 64.1 Å². The van der Waals surface area contributed by atoms with E-state index in [-0.39, 0.29) is 0 Å². The van der Waals surface area contributed by atoms with E-state index in [1.807, 2.05) is 55.5 Å². The summed E-state index contributed by atoms with van der Waals surface area (Å²) in [6.45, 7) is 1.99. The second-order valence-electron chi connectivity index (χ2n) is 4.83. The molecule has 0 unspecified atom stereocenters. The van der Waals surface area contributed by atoms with Gasteiger partial charge in [-0.2, -0.15) is 5.10 Å². The molecule has 23 heavy (non-hydrogen) atoms. The Bertz CT molecular complexity index is 795. The minimum Gasteiger partial charge on any atom is -0.384 e. The van der Waals surface area contributed by atoms with E-state index in [0.29, 0.717) is 15.9 Å². The summed E-state index contributed by atoms with van der Waals surface area (Å²) < 4.78 is 1.64. The number of nitrogen functional groups attached to an aromatic ring is 1. The van der Waals surface area contributed by atoms with Crippen LogP contribution in [0, 0.1) is 6.92 Å². The molecular weight excluding hydrogens is 331 g/mol. The fraction of sp³-hybridized carbons (Fsp3) is 0.118. The highest BCUT2D eigenvalue weighted by molar-refractivity contribution is 6.32. The van der Waals surface area contributed by atoms with E-state index in [0.717, 1.165) is 22.5 Å². The van der Waals surface area contributed by atoms with Crippen LogP contribution in [0.25, 0.3) is 16.9 Å². The number of anilines is 1. The lowest BCUT2D eigenvalue weighted by atomic mass is 10.1. The van der Waals surface area contributed by atoms with Gasteiger partial charge in [0.1, 0.15) is 5.82 Å². The normalized spacial score (nSPS) is 10.1. The van der Waals surface area contributed by atoms with Gasteiger partial charge in [0.05, 0.1) is 16.4 Å². The van der Waals surface area contributed by atoms with Crippen molar-refractivity contribution in [3.63, 3.8) is 0 Å². The Hall–Kier alpha value is -2.01. The van der Waals surface area contributed by atoms with Crippen LogP contribution in [-0.4, -0.2) is 16.8 Å². The van der Waals surface area contributed by atoms with Gasteiger partial charge in [-0.25, -0.2) is 4.68 Å². The summed E-state index contributed by atoms with van der Waals surface area (Å²) >= 11 is 12.2. The number of nitrogens with two attached hydrogens (primary N) is 2. The van der Waals surface area contributed by atoms with Crippen LogP contribution in [0.1, 0.15) is 5.56 Å². The molecule has 4 nitrogen and oxygen atoms in total. The molecule has 0 saturated carbocycles.